The van der Waals surface area contributed by atoms with E-state index in [1.807, 2.05) is 30.3 Å². The number of rotatable bonds is 5. The molecule has 4 heteroatoms. The number of hydrogen-bond donors (Lipinski definition) is 3. The van der Waals surface area contributed by atoms with E-state index in [-0.39, 0.29) is 12.5 Å². The summed E-state index contributed by atoms with van der Waals surface area (Å²) in [6, 6.07) is 16.4. The molecule has 1 aliphatic heterocycles. The average Bonchev–Trinajstić information content (AvgIpc) is 3.17. The molecule has 0 spiro atoms. The van der Waals surface area contributed by atoms with Crippen molar-refractivity contribution in [1.29, 1.82) is 0 Å². The number of carbonyl (C=O) groups is 1. The van der Waals surface area contributed by atoms with E-state index in [0.29, 0.717) is 5.57 Å². The molecule has 1 aromatic heterocycles. The number of anilines is 1. The number of aliphatic hydroxyl groups is 1. The van der Waals surface area contributed by atoms with Crippen molar-refractivity contribution < 1.29 is 9.90 Å². The van der Waals surface area contributed by atoms with Gasteiger partial charge >= 0.3 is 0 Å². The van der Waals surface area contributed by atoms with Crippen LogP contribution in [0.5, 0.6) is 0 Å². The Kier molecular flexibility index (Phi) is 5.47. The van der Waals surface area contributed by atoms with Gasteiger partial charge in [0.05, 0.1) is 5.57 Å². The van der Waals surface area contributed by atoms with Gasteiger partial charge in [-0.1, -0.05) is 42.8 Å². The van der Waals surface area contributed by atoms with Crippen LogP contribution >= 0.6 is 0 Å². The monoisotopic (exact) mass is 412 g/mol. The minimum atomic E-state index is -0.0573. The summed E-state index contributed by atoms with van der Waals surface area (Å²) < 4.78 is 0. The molecule has 0 bridgehead atoms. The third kappa shape index (κ3) is 3.84. The molecule has 3 aromatic rings. The van der Waals surface area contributed by atoms with Crippen LogP contribution in [0.1, 0.15) is 53.8 Å². The molecule has 0 unspecified atom stereocenters. The first kappa shape index (κ1) is 19.8. The fourth-order valence-electron chi connectivity index (χ4n) is 4.90. The van der Waals surface area contributed by atoms with E-state index in [1.165, 1.54) is 36.1 Å². The van der Waals surface area contributed by atoms with Gasteiger partial charge in [0.2, 0.25) is 0 Å². The smallest absolute Gasteiger partial charge is 0.256 e. The van der Waals surface area contributed by atoms with Gasteiger partial charge in [-0.05, 0) is 79.0 Å². The lowest BCUT2D eigenvalue weighted by Crippen LogP contribution is -2.04. The van der Waals surface area contributed by atoms with E-state index in [4.69, 9.17) is 0 Å². The number of aryl methyl sites for hydroxylation is 1. The minimum absolute atomic E-state index is 0.0573. The number of H-pyrrole nitrogens is 1. The van der Waals surface area contributed by atoms with Crippen LogP contribution in [0.25, 0.3) is 22.8 Å². The molecule has 0 saturated heterocycles. The third-order valence-corrected chi connectivity index (χ3v) is 6.48. The predicted molar refractivity (Wildman–Crippen MR) is 126 cm³/mol. The molecule has 0 fully saturated rings. The van der Waals surface area contributed by atoms with E-state index in [2.05, 4.69) is 34.6 Å². The third-order valence-electron chi connectivity index (χ3n) is 6.48. The molecule has 5 rings (SSSR count). The number of fused-ring (bicyclic) bond motifs is 2. The summed E-state index contributed by atoms with van der Waals surface area (Å²) in [6.07, 6.45) is 9.40. The summed E-state index contributed by atoms with van der Waals surface area (Å²) in [5, 5.41) is 12.4. The number of aromatic nitrogens is 1. The van der Waals surface area contributed by atoms with E-state index in [0.717, 1.165) is 53.8 Å². The standard InChI is InChI=1S/C27H28N2O2/c30-15-7-11-21-20-10-5-2-6-12-24(20)28-26(21)17-23-22-16-19(18-8-3-1-4-9-18)13-14-25(22)29-27(23)31/h1,3-4,8-9,13-14,16-17,28,30H,2,5-7,10-12,15H2,(H,29,31)/b23-17-. The van der Waals surface area contributed by atoms with Gasteiger partial charge in [0.15, 0.2) is 0 Å². The second kappa shape index (κ2) is 8.56. The average molecular weight is 413 g/mol. The number of amides is 1. The highest BCUT2D eigenvalue weighted by Crippen LogP contribution is 2.37. The Morgan fingerprint density at radius 2 is 1.81 bits per heavy atom. The zero-order valence-electron chi connectivity index (χ0n) is 17.7. The van der Waals surface area contributed by atoms with Crippen LogP contribution in [0.4, 0.5) is 5.69 Å². The van der Waals surface area contributed by atoms with Crippen LogP contribution in [-0.2, 0) is 24.1 Å². The zero-order chi connectivity index (χ0) is 21.2. The molecule has 2 aliphatic rings. The van der Waals surface area contributed by atoms with Gasteiger partial charge in [-0.2, -0.15) is 0 Å². The number of aliphatic hydroxyl groups excluding tert-OH is 1. The highest BCUT2D eigenvalue weighted by atomic mass is 16.2. The molecule has 4 nitrogen and oxygen atoms in total. The lowest BCUT2D eigenvalue weighted by molar-refractivity contribution is -0.110. The molecule has 0 radical (unpaired) electrons. The Bertz CT molecular complexity index is 1140. The van der Waals surface area contributed by atoms with Crippen molar-refractivity contribution in [2.45, 2.75) is 44.9 Å². The van der Waals surface area contributed by atoms with Gasteiger partial charge in [0, 0.05) is 29.2 Å². The summed E-state index contributed by atoms with van der Waals surface area (Å²) in [4.78, 5) is 16.5. The maximum atomic E-state index is 12.9. The van der Waals surface area contributed by atoms with E-state index in [1.54, 1.807) is 0 Å². The van der Waals surface area contributed by atoms with Gasteiger partial charge in [0.25, 0.3) is 5.91 Å². The summed E-state index contributed by atoms with van der Waals surface area (Å²) >= 11 is 0. The lowest BCUT2D eigenvalue weighted by Gasteiger charge is -2.07. The summed E-state index contributed by atoms with van der Waals surface area (Å²) in [5.41, 5.74) is 9.79. The second-order valence-electron chi connectivity index (χ2n) is 8.50. The van der Waals surface area contributed by atoms with Crippen LogP contribution in [0.15, 0.2) is 48.5 Å². The Morgan fingerprint density at radius 3 is 2.65 bits per heavy atom. The van der Waals surface area contributed by atoms with Crippen molar-refractivity contribution in [3.8, 4) is 11.1 Å². The van der Waals surface area contributed by atoms with E-state index < -0.39 is 0 Å². The molecule has 0 saturated carbocycles. The second-order valence-corrected chi connectivity index (χ2v) is 8.50. The molecule has 2 aromatic carbocycles. The number of aromatic amines is 1. The number of benzene rings is 2. The zero-order valence-corrected chi connectivity index (χ0v) is 17.7. The van der Waals surface area contributed by atoms with Gasteiger partial charge in [-0.15, -0.1) is 0 Å². The largest absolute Gasteiger partial charge is 0.396 e. The first-order valence-electron chi connectivity index (χ1n) is 11.3. The first-order valence-corrected chi connectivity index (χ1v) is 11.3. The maximum absolute atomic E-state index is 12.9. The molecule has 1 amide bonds. The predicted octanol–water partition coefficient (Wildman–Crippen LogP) is 5.37. The summed E-state index contributed by atoms with van der Waals surface area (Å²) in [6.45, 7) is 0.180. The van der Waals surface area contributed by atoms with Crippen LogP contribution < -0.4 is 5.32 Å². The van der Waals surface area contributed by atoms with Crippen LogP contribution in [-0.4, -0.2) is 22.6 Å². The SMILES string of the molecule is O=C1Nc2ccc(-c3ccccc3)cc2/C1=C/c1[nH]c2c(c1CCCO)CCCCC2. The quantitative estimate of drug-likeness (QED) is 0.390. The van der Waals surface area contributed by atoms with E-state index >= 15 is 0 Å². The van der Waals surface area contributed by atoms with Crippen molar-refractivity contribution in [2.24, 2.45) is 0 Å². The molecule has 0 atom stereocenters. The molecule has 2 heterocycles. The highest BCUT2D eigenvalue weighted by Gasteiger charge is 2.26. The van der Waals surface area contributed by atoms with Crippen molar-refractivity contribution in [2.75, 3.05) is 11.9 Å². The van der Waals surface area contributed by atoms with Crippen molar-refractivity contribution in [1.82, 2.24) is 4.98 Å². The van der Waals surface area contributed by atoms with Crippen molar-refractivity contribution in [3.63, 3.8) is 0 Å². The van der Waals surface area contributed by atoms with Gasteiger partial charge in [-0.3, -0.25) is 4.79 Å². The Labute approximate surface area is 183 Å². The van der Waals surface area contributed by atoms with Crippen molar-refractivity contribution >= 4 is 23.2 Å². The Hall–Kier alpha value is -3.11. The van der Waals surface area contributed by atoms with Crippen LogP contribution in [0, 0.1) is 0 Å². The van der Waals surface area contributed by atoms with Crippen LogP contribution in [0.3, 0.4) is 0 Å². The maximum Gasteiger partial charge on any atom is 0.256 e. The number of nitrogens with one attached hydrogen (secondary N) is 2. The van der Waals surface area contributed by atoms with Crippen molar-refractivity contribution in [3.05, 3.63) is 76.6 Å². The summed E-state index contributed by atoms with van der Waals surface area (Å²) in [7, 11) is 0. The van der Waals surface area contributed by atoms with Gasteiger partial charge < -0.3 is 15.4 Å². The topological polar surface area (TPSA) is 65.1 Å². The fourth-order valence-corrected chi connectivity index (χ4v) is 4.90. The molecule has 1 aliphatic carbocycles. The molecule has 31 heavy (non-hydrogen) atoms. The van der Waals surface area contributed by atoms with Gasteiger partial charge in [-0.25, -0.2) is 0 Å². The number of carbonyl (C=O) groups excluding carboxylic acids is 1. The normalized spacial score (nSPS) is 16.7. The molecular formula is C27H28N2O2. The minimum Gasteiger partial charge on any atom is -0.396 e. The van der Waals surface area contributed by atoms with Crippen LogP contribution in [0.2, 0.25) is 0 Å². The summed E-state index contributed by atoms with van der Waals surface area (Å²) in [5.74, 6) is -0.0573. The molecule has 158 valence electrons. The van der Waals surface area contributed by atoms with Gasteiger partial charge in [0.1, 0.15) is 0 Å². The first-order chi connectivity index (χ1) is 15.2. The van der Waals surface area contributed by atoms with E-state index in [9.17, 15) is 9.90 Å². The molecule has 3 N–H and O–H groups in total. The highest BCUT2D eigenvalue weighted by molar-refractivity contribution is 6.35. The fraction of sp³-hybridized carbons (Fsp3) is 0.296. The molecular weight excluding hydrogens is 384 g/mol. The number of hydrogen-bond acceptors (Lipinski definition) is 2. The Morgan fingerprint density at radius 1 is 0.968 bits per heavy atom. The Balaban J connectivity index is 1.58. The lowest BCUT2D eigenvalue weighted by atomic mass is 9.96.